The van der Waals surface area contributed by atoms with Crippen LogP contribution in [0.3, 0.4) is 0 Å². The Balaban J connectivity index is 2.01. The van der Waals surface area contributed by atoms with E-state index in [-0.39, 0.29) is 0 Å². The molecule has 0 aliphatic carbocycles. The van der Waals surface area contributed by atoms with Gasteiger partial charge < -0.3 is 20.2 Å². The van der Waals surface area contributed by atoms with Crippen molar-refractivity contribution < 1.29 is 9.52 Å². The van der Waals surface area contributed by atoms with Gasteiger partial charge in [0, 0.05) is 26.1 Å². The standard InChI is InChI=1S/C11H20N4O2/c1-11(16)4-2-7-15(8-5-11)10-14-13-9(17-10)3-6-12/h16H,2-8,12H2,1H3. The predicted molar refractivity (Wildman–Crippen MR) is 63.7 cm³/mol. The van der Waals surface area contributed by atoms with Crippen LogP contribution in [0.2, 0.25) is 0 Å². The van der Waals surface area contributed by atoms with E-state index in [1.807, 2.05) is 11.8 Å². The molecule has 0 amide bonds. The van der Waals surface area contributed by atoms with E-state index in [0.29, 0.717) is 24.9 Å². The highest BCUT2D eigenvalue weighted by molar-refractivity contribution is 5.24. The summed E-state index contributed by atoms with van der Waals surface area (Å²) in [4.78, 5) is 2.04. The van der Waals surface area contributed by atoms with Crippen molar-refractivity contribution in [2.75, 3.05) is 24.5 Å². The summed E-state index contributed by atoms with van der Waals surface area (Å²) in [6.45, 7) is 3.98. The van der Waals surface area contributed by atoms with Gasteiger partial charge in [-0.05, 0) is 26.2 Å². The zero-order chi connectivity index (χ0) is 12.3. The molecule has 0 spiro atoms. The lowest BCUT2D eigenvalue weighted by atomic mass is 9.98. The zero-order valence-electron chi connectivity index (χ0n) is 10.2. The van der Waals surface area contributed by atoms with Crippen molar-refractivity contribution in [1.82, 2.24) is 10.2 Å². The molecule has 6 nitrogen and oxygen atoms in total. The zero-order valence-corrected chi connectivity index (χ0v) is 10.2. The van der Waals surface area contributed by atoms with Crippen molar-refractivity contribution in [3.63, 3.8) is 0 Å². The molecule has 1 fully saturated rings. The lowest BCUT2D eigenvalue weighted by Gasteiger charge is -2.21. The van der Waals surface area contributed by atoms with Crippen molar-refractivity contribution in [2.45, 2.75) is 38.2 Å². The van der Waals surface area contributed by atoms with E-state index in [1.165, 1.54) is 0 Å². The molecule has 1 aliphatic rings. The molecule has 6 heteroatoms. The first-order valence-electron chi connectivity index (χ1n) is 6.10. The first-order valence-corrected chi connectivity index (χ1v) is 6.10. The molecule has 17 heavy (non-hydrogen) atoms. The normalized spacial score (nSPS) is 25.9. The Labute approximate surface area is 101 Å². The molecule has 1 aliphatic heterocycles. The predicted octanol–water partition coefficient (Wildman–Crippen LogP) is 0.312. The van der Waals surface area contributed by atoms with Crippen LogP contribution in [-0.2, 0) is 6.42 Å². The maximum atomic E-state index is 10.00. The average Bonchev–Trinajstić information content (AvgIpc) is 2.64. The van der Waals surface area contributed by atoms with Crippen molar-refractivity contribution in [3.8, 4) is 0 Å². The van der Waals surface area contributed by atoms with Crippen LogP contribution in [0.5, 0.6) is 0 Å². The number of hydrogen-bond donors (Lipinski definition) is 2. The number of aliphatic hydroxyl groups is 1. The van der Waals surface area contributed by atoms with Gasteiger partial charge in [-0.15, -0.1) is 5.10 Å². The fraction of sp³-hybridized carbons (Fsp3) is 0.818. The number of nitrogens with two attached hydrogens (primary N) is 1. The van der Waals surface area contributed by atoms with E-state index in [4.69, 9.17) is 10.2 Å². The molecule has 3 N–H and O–H groups in total. The van der Waals surface area contributed by atoms with Gasteiger partial charge in [-0.25, -0.2) is 0 Å². The summed E-state index contributed by atoms with van der Waals surface area (Å²) in [5.74, 6) is 0.582. The van der Waals surface area contributed by atoms with Crippen LogP contribution < -0.4 is 10.6 Å². The van der Waals surface area contributed by atoms with Crippen LogP contribution in [-0.4, -0.2) is 40.5 Å². The summed E-state index contributed by atoms with van der Waals surface area (Å²) in [7, 11) is 0. The van der Waals surface area contributed by atoms with Crippen molar-refractivity contribution >= 4 is 6.01 Å². The summed E-state index contributed by atoms with van der Waals surface area (Å²) in [5, 5.41) is 18.0. The maximum Gasteiger partial charge on any atom is 0.318 e. The monoisotopic (exact) mass is 240 g/mol. The third-order valence-electron chi connectivity index (χ3n) is 3.15. The van der Waals surface area contributed by atoms with Crippen LogP contribution in [0, 0.1) is 0 Å². The summed E-state index contributed by atoms with van der Waals surface area (Å²) in [5.41, 5.74) is 4.86. The van der Waals surface area contributed by atoms with Gasteiger partial charge in [0.25, 0.3) is 0 Å². The molecule has 1 aromatic heterocycles. The largest absolute Gasteiger partial charge is 0.408 e. The molecule has 1 aromatic rings. The summed E-state index contributed by atoms with van der Waals surface area (Å²) in [6.07, 6.45) is 3.08. The Bertz CT molecular complexity index is 364. The highest BCUT2D eigenvalue weighted by atomic mass is 16.4. The summed E-state index contributed by atoms with van der Waals surface area (Å²) in [6, 6.07) is 0.547. The minimum atomic E-state index is -0.575. The van der Waals surface area contributed by atoms with Gasteiger partial charge in [0.05, 0.1) is 5.60 Å². The fourth-order valence-electron chi connectivity index (χ4n) is 2.05. The minimum absolute atomic E-state index is 0.510. The molecule has 96 valence electrons. The lowest BCUT2D eigenvalue weighted by molar-refractivity contribution is 0.0481. The van der Waals surface area contributed by atoms with Crippen LogP contribution in [0.25, 0.3) is 0 Å². The van der Waals surface area contributed by atoms with Gasteiger partial charge in [-0.1, -0.05) is 5.10 Å². The van der Waals surface area contributed by atoms with Crippen LogP contribution in [0.4, 0.5) is 6.01 Å². The second-order valence-corrected chi connectivity index (χ2v) is 4.85. The minimum Gasteiger partial charge on any atom is -0.408 e. The Morgan fingerprint density at radius 1 is 1.41 bits per heavy atom. The Hall–Kier alpha value is -1.14. The van der Waals surface area contributed by atoms with Crippen LogP contribution in [0.15, 0.2) is 4.42 Å². The van der Waals surface area contributed by atoms with Gasteiger partial charge in [0.15, 0.2) is 0 Å². The maximum absolute atomic E-state index is 10.00. The molecule has 0 saturated carbocycles. The van der Waals surface area contributed by atoms with Gasteiger partial charge in [0.2, 0.25) is 5.89 Å². The van der Waals surface area contributed by atoms with E-state index in [1.54, 1.807) is 0 Å². The lowest BCUT2D eigenvalue weighted by Crippen LogP contribution is -2.28. The molecule has 1 atom stereocenters. The molecule has 2 heterocycles. The molecule has 2 rings (SSSR count). The van der Waals surface area contributed by atoms with E-state index in [2.05, 4.69) is 10.2 Å². The first kappa shape index (κ1) is 12.3. The first-order chi connectivity index (χ1) is 8.11. The topological polar surface area (TPSA) is 88.4 Å². The fourth-order valence-corrected chi connectivity index (χ4v) is 2.05. The smallest absolute Gasteiger partial charge is 0.318 e. The van der Waals surface area contributed by atoms with Gasteiger partial charge in [-0.2, -0.15) is 0 Å². The van der Waals surface area contributed by atoms with Crippen molar-refractivity contribution in [2.24, 2.45) is 5.73 Å². The molecule has 0 aromatic carbocycles. The molecular formula is C11H20N4O2. The number of anilines is 1. The molecular weight excluding hydrogens is 220 g/mol. The summed E-state index contributed by atoms with van der Waals surface area (Å²) < 4.78 is 5.53. The molecule has 0 radical (unpaired) electrons. The summed E-state index contributed by atoms with van der Waals surface area (Å²) >= 11 is 0. The quantitative estimate of drug-likeness (QED) is 0.790. The van der Waals surface area contributed by atoms with E-state index < -0.39 is 5.60 Å². The van der Waals surface area contributed by atoms with Crippen molar-refractivity contribution in [3.05, 3.63) is 5.89 Å². The van der Waals surface area contributed by atoms with E-state index >= 15 is 0 Å². The number of hydrogen-bond acceptors (Lipinski definition) is 6. The third kappa shape index (κ3) is 3.17. The average molecular weight is 240 g/mol. The van der Waals surface area contributed by atoms with Gasteiger partial charge >= 0.3 is 6.01 Å². The van der Waals surface area contributed by atoms with Crippen LogP contribution in [0.1, 0.15) is 32.1 Å². The molecule has 1 saturated heterocycles. The highest BCUT2D eigenvalue weighted by Crippen LogP contribution is 2.24. The Kier molecular flexibility index (Phi) is 3.63. The molecule has 1 unspecified atom stereocenters. The van der Waals surface area contributed by atoms with Gasteiger partial charge in [-0.3, -0.25) is 0 Å². The van der Waals surface area contributed by atoms with E-state index in [9.17, 15) is 5.11 Å². The van der Waals surface area contributed by atoms with Gasteiger partial charge in [0.1, 0.15) is 0 Å². The number of aromatic nitrogens is 2. The number of rotatable bonds is 3. The highest BCUT2D eigenvalue weighted by Gasteiger charge is 2.26. The van der Waals surface area contributed by atoms with E-state index in [0.717, 1.165) is 32.4 Å². The Morgan fingerprint density at radius 3 is 3.00 bits per heavy atom. The third-order valence-corrected chi connectivity index (χ3v) is 3.15. The number of nitrogens with zero attached hydrogens (tertiary/aromatic N) is 3. The van der Waals surface area contributed by atoms with Crippen molar-refractivity contribution in [1.29, 1.82) is 0 Å². The van der Waals surface area contributed by atoms with Crippen LogP contribution >= 0.6 is 0 Å². The molecule has 0 bridgehead atoms. The second-order valence-electron chi connectivity index (χ2n) is 4.85. The Morgan fingerprint density at radius 2 is 2.24 bits per heavy atom. The SMILES string of the molecule is CC1(O)CCCN(c2nnc(CCN)o2)CC1. The second kappa shape index (κ2) is 5.01.